The van der Waals surface area contributed by atoms with Crippen molar-refractivity contribution in [3.05, 3.63) is 0 Å². The Labute approximate surface area is 129 Å². The smallest absolute Gasteiger partial charge is 0.388 e. The van der Waals surface area contributed by atoms with Gasteiger partial charge in [-0.15, -0.1) is 0 Å². The number of hydrogen-bond donors (Lipinski definition) is 3. The molecule has 0 saturated heterocycles. The Bertz CT molecular complexity index is 394. The molecule has 2 unspecified atom stereocenters. The fraction of sp³-hybridized carbons (Fsp3) is 0.933. The minimum absolute atomic E-state index is 0.0954. The summed E-state index contributed by atoms with van der Waals surface area (Å²) in [7, 11) is 0. The molecule has 0 radical (unpaired) electrons. The fourth-order valence-electron chi connectivity index (χ4n) is 3.10. The third-order valence-corrected chi connectivity index (χ3v) is 4.64. The summed E-state index contributed by atoms with van der Waals surface area (Å²) in [5.41, 5.74) is -0.719. The lowest BCUT2D eigenvalue weighted by Crippen LogP contribution is -2.48. The van der Waals surface area contributed by atoms with Crippen LogP contribution >= 0.6 is 0 Å². The van der Waals surface area contributed by atoms with Gasteiger partial charge in [-0.3, -0.25) is 4.99 Å². The molecule has 3 N–H and O–H groups in total. The van der Waals surface area contributed by atoms with Crippen LogP contribution in [0.5, 0.6) is 0 Å². The summed E-state index contributed by atoms with van der Waals surface area (Å²) >= 11 is 0. The number of nitrogens with zero attached hydrogens (tertiary/aromatic N) is 1. The second-order valence-corrected chi connectivity index (χ2v) is 6.52. The average Bonchev–Trinajstić information content (AvgIpc) is 2.42. The molecule has 2 aliphatic rings. The number of aliphatic imine (C=N–C) groups is 1. The van der Waals surface area contributed by atoms with E-state index in [1.54, 1.807) is 0 Å². The molecule has 0 aromatic carbocycles. The quantitative estimate of drug-likeness (QED) is 0.551. The SMILES string of the molecule is CCNC(=NCC1(O)CCC1)NC1CCCC(C(F)(F)F)C1. The van der Waals surface area contributed by atoms with Gasteiger partial charge in [-0.1, -0.05) is 6.42 Å². The number of hydrogen-bond acceptors (Lipinski definition) is 2. The highest BCUT2D eigenvalue weighted by Crippen LogP contribution is 2.37. The molecule has 2 fully saturated rings. The highest BCUT2D eigenvalue weighted by Gasteiger charge is 2.42. The van der Waals surface area contributed by atoms with Crippen molar-refractivity contribution in [3.63, 3.8) is 0 Å². The first-order valence-corrected chi connectivity index (χ1v) is 8.16. The molecule has 2 aliphatic carbocycles. The Morgan fingerprint density at radius 1 is 1.27 bits per heavy atom. The van der Waals surface area contributed by atoms with Crippen LogP contribution in [0.25, 0.3) is 0 Å². The Hall–Kier alpha value is -0.980. The lowest BCUT2D eigenvalue weighted by molar-refractivity contribution is -0.183. The lowest BCUT2D eigenvalue weighted by Gasteiger charge is -2.35. The van der Waals surface area contributed by atoms with Crippen LogP contribution in [-0.4, -0.2) is 42.0 Å². The van der Waals surface area contributed by atoms with Crippen molar-refractivity contribution < 1.29 is 18.3 Å². The summed E-state index contributed by atoms with van der Waals surface area (Å²) in [5.74, 6) is -0.715. The molecule has 128 valence electrons. The molecule has 0 amide bonds. The van der Waals surface area contributed by atoms with E-state index in [9.17, 15) is 18.3 Å². The van der Waals surface area contributed by atoms with Gasteiger partial charge in [-0.25, -0.2) is 0 Å². The van der Waals surface area contributed by atoms with Crippen LogP contribution < -0.4 is 10.6 Å². The van der Waals surface area contributed by atoms with E-state index in [4.69, 9.17) is 0 Å². The van der Waals surface area contributed by atoms with Crippen molar-refractivity contribution in [2.75, 3.05) is 13.1 Å². The Kier molecular flexibility index (Phi) is 5.58. The fourth-order valence-corrected chi connectivity index (χ4v) is 3.10. The second kappa shape index (κ2) is 7.06. The van der Waals surface area contributed by atoms with Gasteiger partial charge < -0.3 is 15.7 Å². The van der Waals surface area contributed by atoms with Gasteiger partial charge in [-0.05, 0) is 45.4 Å². The van der Waals surface area contributed by atoms with Crippen molar-refractivity contribution in [2.45, 2.75) is 69.7 Å². The van der Waals surface area contributed by atoms with Crippen LogP contribution in [0, 0.1) is 5.92 Å². The highest BCUT2D eigenvalue weighted by atomic mass is 19.4. The van der Waals surface area contributed by atoms with E-state index >= 15 is 0 Å². The summed E-state index contributed by atoms with van der Waals surface area (Å²) in [6.07, 6.45) is -0.00644. The van der Waals surface area contributed by atoms with Gasteiger partial charge >= 0.3 is 6.18 Å². The average molecular weight is 321 g/mol. The van der Waals surface area contributed by atoms with Gasteiger partial charge in [0, 0.05) is 12.6 Å². The molecular weight excluding hydrogens is 295 g/mol. The van der Waals surface area contributed by atoms with Gasteiger partial charge in [0.25, 0.3) is 0 Å². The standard InChI is InChI=1S/C15H26F3N3O/c1-2-19-13(20-10-14(22)7-4-8-14)21-12-6-3-5-11(9-12)15(16,17)18/h11-12,22H,2-10H2,1H3,(H2,19,20,21). The Morgan fingerprint density at radius 3 is 2.55 bits per heavy atom. The zero-order valence-corrected chi connectivity index (χ0v) is 13.0. The number of rotatable bonds is 4. The van der Waals surface area contributed by atoms with Gasteiger partial charge in [0.15, 0.2) is 5.96 Å². The Morgan fingerprint density at radius 2 is 2.00 bits per heavy atom. The summed E-state index contributed by atoms with van der Waals surface area (Å²) in [6, 6.07) is -0.214. The van der Waals surface area contributed by atoms with E-state index in [0.717, 1.165) is 25.7 Å². The van der Waals surface area contributed by atoms with Gasteiger partial charge in [0.1, 0.15) is 0 Å². The number of nitrogens with one attached hydrogen (secondary N) is 2. The molecule has 22 heavy (non-hydrogen) atoms. The third-order valence-electron chi connectivity index (χ3n) is 4.64. The lowest BCUT2D eigenvalue weighted by atomic mass is 9.80. The molecule has 2 saturated carbocycles. The van der Waals surface area contributed by atoms with Gasteiger partial charge in [0.05, 0.1) is 18.1 Å². The first-order valence-electron chi connectivity index (χ1n) is 8.16. The molecule has 0 aliphatic heterocycles. The molecule has 0 bridgehead atoms. The number of halogens is 3. The first-order chi connectivity index (χ1) is 10.3. The minimum Gasteiger partial charge on any atom is -0.388 e. The van der Waals surface area contributed by atoms with Crippen LogP contribution in [0.1, 0.15) is 51.9 Å². The van der Waals surface area contributed by atoms with Crippen LogP contribution in [0.2, 0.25) is 0 Å². The molecule has 4 nitrogen and oxygen atoms in total. The van der Waals surface area contributed by atoms with E-state index in [1.807, 2.05) is 6.92 Å². The van der Waals surface area contributed by atoms with E-state index in [-0.39, 0.29) is 18.9 Å². The molecular formula is C15H26F3N3O. The molecule has 2 rings (SSSR count). The normalized spacial score (nSPS) is 28.9. The number of aliphatic hydroxyl groups is 1. The molecule has 0 spiro atoms. The summed E-state index contributed by atoms with van der Waals surface area (Å²) in [5, 5.41) is 16.2. The molecule has 0 aromatic rings. The largest absolute Gasteiger partial charge is 0.391 e. The maximum atomic E-state index is 12.9. The minimum atomic E-state index is -4.11. The van der Waals surface area contributed by atoms with Crippen LogP contribution in [0.4, 0.5) is 13.2 Å². The summed E-state index contributed by atoms with van der Waals surface area (Å²) in [6.45, 7) is 2.85. The topological polar surface area (TPSA) is 56.7 Å². The van der Waals surface area contributed by atoms with Crippen LogP contribution in [0.15, 0.2) is 4.99 Å². The van der Waals surface area contributed by atoms with Crippen molar-refractivity contribution in [1.29, 1.82) is 0 Å². The summed E-state index contributed by atoms with van der Waals surface area (Å²) in [4.78, 5) is 4.35. The van der Waals surface area contributed by atoms with Crippen LogP contribution in [-0.2, 0) is 0 Å². The molecule has 2 atom stereocenters. The first kappa shape index (κ1) is 17.4. The van der Waals surface area contributed by atoms with Crippen molar-refractivity contribution in [2.24, 2.45) is 10.9 Å². The van der Waals surface area contributed by atoms with Crippen molar-refractivity contribution in [1.82, 2.24) is 10.6 Å². The van der Waals surface area contributed by atoms with Gasteiger partial charge in [0.2, 0.25) is 0 Å². The second-order valence-electron chi connectivity index (χ2n) is 6.52. The zero-order valence-electron chi connectivity index (χ0n) is 13.0. The van der Waals surface area contributed by atoms with Gasteiger partial charge in [-0.2, -0.15) is 13.2 Å². The predicted octanol–water partition coefficient (Wildman–Crippen LogP) is 2.58. The summed E-state index contributed by atoms with van der Waals surface area (Å²) < 4.78 is 38.6. The van der Waals surface area contributed by atoms with E-state index < -0.39 is 17.7 Å². The maximum absolute atomic E-state index is 12.9. The van der Waals surface area contributed by atoms with E-state index in [2.05, 4.69) is 15.6 Å². The third kappa shape index (κ3) is 4.76. The van der Waals surface area contributed by atoms with Crippen LogP contribution in [0.3, 0.4) is 0 Å². The Balaban J connectivity index is 1.90. The molecule has 0 heterocycles. The monoisotopic (exact) mass is 321 g/mol. The van der Waals surface area contributed by atoms with Crippen molar-refractivity contribution in [3.8, 4) is 0 Å². The number of alkyl halides is 3. The predicted molar refractivity (Wildman–Crippen MR) is 79.7 cm³/mol. The van der Waals surface area contributed by atoms with E-state index in [1.165, 1.54) is 0 Å². The maximum Gasteiger partial charge on any atom is 0.391 e. The number of guanidine groups is 1. The molecule has 0 aromatic heterocycles. The van der Waals surface area contributed by atoms with E-state index in [0.29, 0.717) is 25.5 Å². The zero-order chi connectivity index (χ0) is 16.2. The van der Waals surface area contributed by atoms with Crippen molar-refractivity contribution >= 4 is 5.96 Å². The highest BCUT2D eigenvalue weighted by molar-refractivity contribution is 5.80. The molecule has 7 heteroatoms.